The summed E-state index contributed by atoms with van der Waals surface area (Å²) in [5.41, 5.74) is 2.14. The van der Waals surface area contributed by atoms with E-state index in [1.165, 1.54) is 24.3 Å². The molecule has 110 valence electrons. The molecular weight excluding hydrogens is 401 g/mol. The number of aryl methyl sites for hydroxylation is 1. The minimum atomic E-state index is -3.25. The number of anilines is 1. The van der Waals surface area contributed by atoms with Gasteiger partial charge in [0, 0.05) is 21.1 Å². The number of carbonyl (C=O) groups is 1. The third-order valence-corrected chi connectivity index (χ3v) is 4.78. The quantitative estimate of drug-likeness (QED) is 0.783. The molecule has 0 aromatic heterocycles. The van der Waals surface area contributed by atoms with Gasteiger partial charge in [0.25, 0.3) is 5.91 Å². The van der Waals surface area contributed by atoms with E-state index in [0.29, 0.717) is 5.56 Å². The minimum Gasteiger partial charge on any atom is -0.322 e. The molecule has 4 nitrogen and oxygen atoms in total. The highest BCUT2D eigenvalue weighted by Gasteiger charge is 2.11. The smallest absolute Gasteiger partial charge is 0.255 e. The van der Waals surface area contributed by atoms with Gasteiger partial charge >= 0.3 is 0 Å². The lowest BCUT2D eigenvalue weighted by Crippen LogP contribution is -2.13. The molecule has 0 heterocycles. The SMILES string of the molecule is Cc1cc(I)ccc1NC(=O)c1ccc(S(C)(=O)=O)cc1. The number of benzene rings is 2. The summed E-state index contributed by atoms with van der Waals surface area (Å²) in [5.74, 6) is -0.264. The van der Waals surface area contributed by atoms with Crippen LogP contribution in [-0.2, 0) is 9.84 Å². The van der Waals surface area contributed by atoms with Gasteiger partial charge in [0.05, 0.1) is 4.90 Å². The van der Waals surface area contributed by atoms with Crippen LogP contribution in [-0.4, -0.2) is 20.6 Å². The van der Waals surface area contributed by atoms with Gasteiger partial charge < -0.3 is 5.32 Å². The van der Waals surface area contributed by atoms with Gasteiger partial charge in [-0.25, -0.2) is 8.42 Å². The average Bonchev–Trinajstić information content (AvgIpc) is 2.41. The molecule has 0 saturated carbocycles. The topological polar surface area (TPSA) is 63.2 Å². The van der Waals surface area contributed by atoms with E-state index in [0.717, 1.165) is 21.1 Å². The Morgan fingerprint density at radius 2 is 1.71 bits per heavy atom. The summed E-state index contributed by atoms with van der Waals surface area (Å²) in [6.07, 6.45) is 1.14. The maximum absolute atomic E-state index is 12.1. The second-order valence-corrected chi connectivity index (χ2v) is 7.97. The largest absolute Gasteiger partial charge is 0.322 e. The molecule has 0 radical (unpaired) electrons. The lowest BCUT2D eigenvalue weighted by molar-refractivity contribution is 0.102. The molecule has 0 spiro atoms. The van der Waals surface area contributed by atoms with Crippen LogP contribution in [0.2, 0.25) is 0 Å². The number of nitrogens with one attached hydrogen (secondary N) is 1. The first kappa shape index (κ1) is 16.0. The van der Waals surface area contributed by atoms with E-state index >= 15 is 0 Å². The number of carbonyl (C=O) groups excluding carboxylic acids is 1. The standard InChI is InChI=1S/C15H14INO3S/c1-10-9-12(16)5-8-14(10)17-15(18)11-3-6-13(7-4-11)21(2,19)20/h3-9H,1-2H3,(H,17,18). The predicted octanol–water partition coefficient (Wildman–Crippen LogP) is 3.26. The summed E-state index contributed by atoms with van der Waals surface area (Å²) >= 11 is 2.21. The Kier molecular flexibility index (Phi) is 4.67. The Labute approximate surface area is 137 Å². The molecule has 2 aromatic rings. The normalized spacial score (nSPS) is 11.2. The molecule has 21 heavy (non-hydrogen) atoms. The van der Waals surface area contributed by atoms with E-state index < -0.39 is 9.84 Å². The summed E-state index contributed by atoms with van der Waals surface area (Å²) in [4.78, 5) is 12.3. The van der Waals surface area contributed by atoms with Crippen LogP contribution in [0.4, 0.5) is 5.69 Å². The van der Waals surface area contributed by atoms with Crippen molar-refractivity contribution in [2.24, 2.45) is 0 Å². The second-order valence-electron chi connectivity index (χ2n) is 4.71. The first-order chi connectivity index (χ1) is 9.77. The van der Waals surface area contributed by atoms with Crippen LogP contribution in [0.15, 0.2) is 47.4 Å². The molecule has 0 saturated heterocycles. The minimum absolute atomic E-state index is 0.199. The highest BCUT2D eigenvalue weighted by atomic mass is 127. The van der Waals surface area contributed by atoms with Crippen molar-refractivity contribution in [3.05, 3.63) is 57.2 Å². The highest BCUT2D eigenvalue weighted by molar-refractivity contribution is 14.1. The fourth-order valence-electron chi connectivity index (χ4n) is 1.82. The van der Waals surface area contributed by atoms with Crippen molar-refractivity contribution < 1.29 is 13.2 Å². The molecule has 2 aromatic carbocycles. The van der Waals surface area contributed by atoms with Gasteiger partial charge in [-0.15, -0.1) is 0 Å². The van der Waals surface area contributed by atoms with Gasteiger partial charge in [0.15, 0.2) is 9.84 Å². The molecule has 0 aliphatic heterocycles. The molecule has 1 N–H and O–H groups in total. The van der Waals surface area contributed by atoms with Crippen LogP contribution < -0.4 is 5.32 Å². The summed E-state index contributed by atoms with van der Waals surface area (Å²) in [6.45, 7) is 1.92. The number of hydrogen-bond acceptors (Lipinski definition) is 3. The summed E-state index contributed by atoms with van der Waals surface area (Å²) < 4.78 is 23.9. The summed E-state index contributed by atoms with van der Waals surface area (Å²) in [6, 6.07) is 11.6. The summed E-state index contributed by atoms with van der Waals surface area (Å²) in [5, 5.41) is 2.82. The van der Waals surface area contributed by atoms with Crippen molar-refractivity contribution in [1.29, 1.82) is 0 Å². The van der Waals surface area contributed by atoms with E-state index in [2.05, 4.69) is 27.9 Å². The molecule has 0 bridgehead atoms. The molecule has 6 heteroatoms. The molecular formula is C15H14INO3S. The second kappa shape index (κ2) is 6.15. The number of hydrogen-bond donors (Lipinski definition) is 1. The van der Waals surface area contributed by atoms with Crippen molar-refractivity contribution in [3.8, 4) is 0 Å². The highest BCUT2D eigenvalue weighted by Crippen LogP contribution is 2.19. The van der Waals surface area contributed by atoms with Crippen molar-refractivity contribution in [2.45, 2.75) is 11.8 Å². The third kappa shape index (κ3) is 4.04. The number of rotatable bonds is 3. The maximum atomic E-state index is 12.1. The zero-order valence-corrected chi connectivity index (χ0v) is 14.5. The molecule has 0 aliphatic rings. The van der Waals surface area contributed by atoms with Crippen LogP contribution in [0.5, 0.6) is 0 Å². The fourth-order valence-corrected chi connectivity index (χ4v) is 3.09. The zero-order valence-electron chi connectivity index (χ0n) is 11.6. The Hall–Kier alpha value is -1.41. The van der Waals surface area contributed by atoms with Crippen LogP contribution in [0.1, 0.15) is 15.9 Å². The van der Waals surface area contributed by atoms with Gasteiger partial charge in [0.2, 0.25) is 0 Å². The van der Waals surface area contributed by atoms with Gasteiger partial charge in [-0.3, -0.25) is 4.79 Å². The van der Waals surface area contributed by atoms with E-state index in [1.54, 1.807) is 0 Å². The Morgan fingerprint density at radius 3 is 2.24 bits per heavy atom. The lowest BCUT2D eigenvalue weighted by atomic mass is 10.1. The first-order valence-electron chi connectivity index (χ1n) is 6.15. The predicted molar refractivity (Wildman–Crippen MR) is 91.4 cm³/mol. The van der Waals surface area contributed by atoms with Gasteiger partial charge in [-0.05, 0) is 77.5 Å². The van der Waals surface area contributed by atoms with E-state index in [9.17, 15) is 13.2 Å². The number of amides is 1. The lowest BCUT2D eigenvalue weighted by Gasteiger charge is -2.09. The number of halogens is 1. The molecule has 0 atom stereocenters. The Morgan fingerprint density at radius 1 is 1.10 bits per heavy atom. The van der Waals surface area contributed by atoms with Crippen molar-refractivity contribution >= 4 is 44.0 Å². The molecule has 2 rings (SSSR count). The molecule has 0 unspecified atom stereocenters. The fraction of sp³-hybridized carbons (Fsp3) is 0.133. The molecule has 1 amide bonds. The van der Waals surface area contributed by atoms with E-state index in [1.807, 2.05) is 25.1 Å². The molecule has 0 fully saturated rings. The van der Waals surface area contributed by atoms with Gasteiger partial charge in [-0.2, -0.15) is 0 Å². The van der Waals surface area contributed by atoms with Gasteiger partial charge in [0.1, 0.15) is 0 Å². The van der Waals surface area contributed by atoms with Crippen LogP contribution in [0.3, 0.4) is 0 Å². The van der Waals surface area contributed by atoms with E-state index in [-0.39, 0.29) is 10.8 Å². The first-order valence-corrected chi connectivity index (χ1v) is 9.12. The van der Waals surface area contributed by atoms with Crippen LogP contribution in [0, 0.1) is 10.5 Å². The summed E-state index contributed by atoms with van der Waals surface area (Å²) in [7, 11) is -3.25. The monoisotopic (exact) mass is 415 g/mol. The maximum Gasteiger partial charge on any atom is 0.255 e. The zero-order chi connectivity index (χ0) is 15.6. The molecule has 0 aliphatic carbocycles. The Bertz CT molecular complexity index is 783. The number of sulfone groups is 1. The van der Waals surface area contributed by atoms with Crippen LogP contribution >= 0.6 is 22.6 Å². The average molecular weight is 415 g/mol. The van der Waals surface area contributed by atoms with Crippen LogP contribution in [0.25, 0.3) is 0 Å². The van der Waals surface area contributed by atoms with Crippen molar-refractivity contribution in [1.82, 2.24) is 0 Å². The van der Waals surface area contributed by atoms with Crippen molar-refractivity contribution in [3.63, 3.8) is 0 Å². The van der Waals surface area contributed by atoms with Gasteiger partial charge in [-0.1, -0.05) is 0 Å². The third-order valence-electron chi connectivity index (χ3n) is 2.98. The van der Waals surface area contributed by atoms with Crippen molar-refractivity contribution in [2.75, 3.05) is 11.6 Å². The van der Waals surface area contributed by atoms with E-state index in [4.69, 9.17) is 0 Å². The Balaban J connectivity index is 2.21.